The predicted molar refractivity (Wildman–Crippen MR) is 109 cm³/mol. The van der Waals surface area contributed by atoms with Crippen LogP contribution in [0.5, 0.6) is 0 Å². The Morgan fingerprint density at radius 2 is 1.48 bits per heavy atom. The van der Waals surface area contributed by atoms with Crippen molar-refractivity contribution < 1.29 is 19.1 Å². The molecule has 5 nitrogen and oxygen atoms in total. The van der Waals surface area contributed by atoms with E-state index in [4.69, 9.17) is 9.47 Å². The normalized spacial score (nSPS) is 28.9. The molecule has 2 fully saturated rings. The van der Waals surface area contributed by atoms with Gasteiger partial charge in [0.2, 0.25) is 0 Å². The van der Waals surface area contributed by atoms with Crippen molar-refractivity contribution in [2.75, 3.05) is 31.2 Å². The zero-order valence-corrected chi connectivity index (χ0v) is 16.3. The Kier molecular flexibility index (Phi) is 4.74. The molecule has 0 amide bonds. The molecule has 4 atom stereocenters. The summed E-state index contributed by atoms with van der Waals surface area (Å²) in [6.07, 6.45) is 13.3. The van der Waals surface area contributed by atoms with Crippen LogP contribution in [-0.4, -0.2) is 38.2 Å². The van der Waals surface area contributed by atoms with Crippen LogP contribution in [-0.2, 0) is 14.3 Å². The first-order chi connectivity index (χ1) is 14.2. The Labute approximate surface area is 170 Å². The number of rotatable bonds is 6. The third-order valence-corrected chi connectivity index (χ3v) is 6.71. The molecular formula is C24H25NO4. The van der Waals surface area contributed by atoms with Crippen molar-refractivity contribution in [2.45, 2.75) is 6.42 Å². The SMILES string of the molecule is O=C(OCCOC(=O)C1C=CC=C1)c1ccc(N2CC3C4C=CC(C4)C3C2)cc1. The van der Waals surface area contributed by atoms with E-state index in [0.717, 1.165) is 36.8 Å². The van der Waals surface area contributed by atoms with E-state index in [1.54, 1.807) is 12.2 Å². The number of ether oxygens (including phenoxy) is 2. The van der Waals surface area contributed by atoms with E-state index in [9.17, 15) is 9.59 Å². The summed E-state index contributed by atoms with van der Waals surface area (Å²) < 4.78 is 10.4. The third kappa shape index (κ3) is 3.50. The van der Waals surface area contributed by atoms with Crippen molar-refractivity contribution in [3.8, 4) is 0 Å². The highest BCUT2D eigenvalue weighted by atomic mass is 16.6. The van der Waals surface area contributed by atoms with Gasteiger partial charge in [-0.05, 0) is 54.4 Å². The van der Waals surface area contributed by atoms with Crippen LogP contribution in [0.3, 0.4) is 0 Å². The Hall–Kier alpha value is -2.82. The zero-order valence-electron chi connectivity index (χ0n) is 16.3. The molecule has 1 heterocycles. The monoisotopic (exact) mass is 391 g/mol. The lowest BCUT2D eigenvalue weighted by Gasteiger charge is -2.21. The fourth-order valence-electron chi connectivity index (χ4n) is 5.22. The summed E-state index contributed by atoms with van der Waals surface area (Å²) in [7, 11) is 0. The quantitative estimate of drug-likeness (QED) is 0.423. The van der Waals surface area contributed by atoms with E-state index >= 15 is 0 Å². The first kappa shape index (κ1) is 18.2. The number of fused-ring (bicyclic) bond motifs is 5. The van der Waals surface area contributed by atoms with Gasteiger partial charge in [-0.25, -0.2) is 4.79 Å². The van der Waals surface area contributed by atoms with E-state index < -0.39 is 5.97 Å². The molecule has 29 heavy (non-hydrogen) atoms. The minimum absolute atomic E-state index is 0.0533. The van der Waals surface area contributed by atoms with Gasteiger partial charge in [0.05, 0.1) is 11.5 Å². The van der Waals surface area contributed by atoms with E-state index in [2.05, 4.69) is 17.1 Å². The largest absolute Gasteiger partial charge is 0.461 e. The molecule has 0 radical (unpaired) electrons. The summed E-state index contributed by atoms with van der Waals surface area (Å²) in [5.41, 5.74) is 1.69. The van der Waals surface area contributed by atoms with Crippen molar-refractivity contribution in [3.05, 3.63) is 66.3 Å². The maximum Gasteiger partial charge on any atom is 0.338 e. The number of hydrogen-bond acceptors (Lipinski definition) is 5. The Morgan fingerprint density at radius 1 is 0.862 bits per heavy atom. The van der Waals surface area contributed by atoms with Gasteiger partial charge in [0.1, 0.15) is 13.2 Å². The second kappa shape index (κ2) is 7.54. The van der Waals surface area contributed by atoms with Gasteiger partial charge in [0.25, 0.3) is 0 Å². The molecule has 2 bridgehead atoms. The molecule has 4 unspecified atom stereocenters. The number of esters is 2. The molecule has 5 heteroatoms. The molecule has 1 saturated heterocycles. The minimum Gasteiger partial charge on any atom is -0.461 e. The van der Waals surface area contributed by atoms with Gasteiger partial charge in [-0.15, -0.1) is 0 Å². The van der Waals surface area contributed by atoms with Crippen LogP contribution in [0.25, 0.3) is 0 Å². The Morgan fingerprint density at radius 3 is 2.14 bits per heavy atom. The number of carbonyl (C=O) groups excluding carboxylic acids is 2. The third-order valence-electron chi connectivity index (χ3n) is 6.71. The average molecular weight is 391 g/mol. The van der Waals surface area contributed by atoms with E-state index in [0.29, 0.717) is 5.56 Å². The fraction of sp³-hybridized carbons (Fsp3) is 0.417. The van der Waals surface area contributed by atoms with E-state index in [-0.39, 0.29) is 25.1 Å². The first-order valence-corrected chi connectivity index (χ1v) is 10.4. The second-order valence-corrected chi connectivity index (χ2v) is 8.33. The summed E-state index contributed by atoms with van der Waals surface area (Å²) in [5, 5.41) is 0. The van der Waals surface area contributed by atoms with Gasteiger partial charge in [0.15, 0.2) is 0 Å². The zero-order chi connectivity index (χ0) is 19.8. The van der Waals surface area contributed by atoms with Gasteiger partial charge < -0.3 is 14.4 Å². The van der Waals surface area contributed by atoms with Crippen LogP contribution in [0.15, 0.2) is 60.7 Å². The van der Waals surface area contributed by atoms with Crippen molar-refractivity contribution >= 4 is 17.6 Å². The van der Waals surface area contributed by atoms with Crippen molar-refractivity contribution in [1.82, 2.24) is 0 Å². The van der Waals surface area contributed by atoms with Crippen molar-refractivity contribution in [3.63, 3.8) is 0 Å². The molecule has 5 rings (SSSR count). The summed E-state index contributed by atoms with van der Waals surface area (Å²) in [6, 6.07) is 7.65. The lowest BCUT2D eigenvalue weighted by atomic mass is 9.86. The number of anilines is 1. The van der Waals surface area contributed by atoms with Gasteiger partial charge in [-0.1, -0.05) is 36.5 Å². The molecule has 150 valence electrons. The molecule has 0 spiro atoms. The summed E-state index contributed by atoms with van der Waals surface area (Å²) in [5.74, 6) is 2.05. The van der Waals surface area contributed by atoms with Crippen LogP contribution < -0.4 is 4.90 Å². The molecule has 4 aliphatic rings. The highest BCUT2D eigenvalue weighted by Crippen LogP contribution is 2.51. The maximum atomic E-state index is 12.2. The number of nitrogens with zero attached hydrogens (tertiary/aromatic N) is 1. The van der Waals surface area contributed by atoms with Crippen LogP contribution in [0.1, 0.15) is 16.8 Å². The van der Waals surface area contributed by atoms with Crippen molar-refractivity contribution in [1.29, 1.82) is 0 Å². The Bertz CT molecular complexity index is 853. The molecular weight excluding hydrogens is 366 g/mol. The van der Waals surface area contributed by atoms with Crippen LogP contribution in [0.2, 0.25) is 0 Å². The number of hydrogen-bond donors (Lipinski definition) is 0. The number of benzene rings is 1. The number of carbonyl (C=O) groups is 2. The summed E-state index contributed by atoms with van der Waals surface area (Å²) in [6.45, 7) is 2.33. The molecule has 0 aromatic heterocycles. The van der Waals surface area contributed by atoms with Gasteiger partial charge in [-0.3, -0.25) is 4.79 Å². The molecule has 0 N–H and O–H groups in total. The summed E-state index contributed by atoms with van der Waals surface area (Å²) >= 11 is 0. The second-order valence-electron chi connectivity index (χ2n) is 8.33. The lowest BCUT2D eigenvalue weighted by Crippen LogP contribution is -2.22. The van der Waals surface area contributed by atoms with Crippen LogP contribution in [0.4, 0.5) is 5.69 Å². The minimum atomic E-state index is -0.395. The highest BCUT2D eigenvalue weighted by Gasteiger charge is 2.49. The Balaban J connectivity index is 1.09. The predicted octanol–water partition coefficient (Wildman–Crippen LogP) is 3.39. The smallest absolute Gasteiger partial charge is 0.338 e. The number of allylic oxidation sites excluding steroid dienone is 4. The van der Waals surface area contributed by atoms with Crippen molar-refractivity contribution in [2.24, 2.45) is 29.6 Å². The molecule has 1 saturated carbocycles. The lowest BCUT2D eigenvalue weighted by molar-refractivity contribution is -0.146. The van der Waals surface area contributed by atoms with Crippen LogP contribution in [0, 0.1) is 29.6 Å². The molecule has 1 aromatic rings. The highest BCUT2D eigenvalue weighted by molar-refractivity contribution is 5.89. The maximum absolute atomic E-state index is 12.2. The molecule has 1 aliphatic heterocycles. The summed E-state index contributed by atoms with van der Waals surface area (Å²) in [4.78, 5) is 26.4. The average Bonchev–Trinajstić information content (AvgIpc) is 3.52. The van der Waals surface area contributed by atoms with Gasteiger partial charge >= 0.3 is 11.9 Å². The molecule has 3 aliphatic carbocycles. The first-order valence-electron chi connectivity index (χ1n) is 10.4. The standard InChI is InChI=1S/C24H25NO4/c26-23(16-3-1-2-4-16)28-11-12-29-24(27)17-7-9-20(10-8-17)25-14-21-18-5-6-19(13-18)22(21)15-25/h1-10,16,18-19,21-22H,11-15H2. The van der Waals surface area contributed by atoms with Gasteiger partial charge in [0, 0.05) is 18.8 Å². The topological polar surface area (TPSA) is 55.8 Å². The van der Waals surface area contributed by atoms with Crippen LogP contribution >= 0.6 is 0 Å². The molecule has 1 aromatic carbocycles. The van der Waals surface area contributed by atoms with E-state index in [1.165, 1.54) is 12.1 Å². The van der Waals surface area contributed by atoms with E-state index in [1.807, 2.05) is 36.4 Å². The van der Waals surface area contributed by atoms with Gasteiger partial charge in [-0.2, -0.15) is 0 Å². The fourth-order valence-corrected chi connectivity index (χ4v) is 5.22.